The fourth-order valence-corrected chi connectivity index (χ4v) is 3.04. The van der Waals surface area contributed by atoms with Gasteiger partial charge in [-0.3, -0.25) is 4.90 Å². The zero-order valence-corrected chi connectivity index (χ0v) is 12.7. The summed E-state index contributed by atoms with van der Waals surface area (Å²) in [6.45, 7) is 9.46. The second-order valence-corrected chi connectivity index (χ2v) is 5.65. The fourth-order valence-electron chi connectivity index (χ4n) is 3.04. The van der Waals surface area contributed by atoms with Gasteiger partial charge < -0.3 is 15.7 Å². The lowest BCUT2D eigenvalue weighted by atomic mass is 10.1. The Balaban J connectivity index is 2.26. The van der Waals surface area contributed by atoms with E-state index in [2.05, 4.69) is 16.7 Å². The van der Waals surface area contributed by atoms with Crippen LogP contribution >= 0.6 is 0 Å². The topological polar surface area (TPSA) is 52.7 Å². The normalized spacial score (nSPS) is 20.4. The molecule has 4 nitrogen and oxygen atoms in total. The second-order valence-electron chi connectivity index (χ2n) is 5.65. The maximum absolute atomic E-state index is 8.79. The van der Waals surface area contributed by atoms with E-state index in [1.54, 1.807) is 0 Å². The first-order valence-electron chi connectivity index (χ1n) is 8.09. The van der Waals surface area contributed by atoms with Crippen LogP contribution in [0.3, 0.4) is 0 Å². The molecule has 1 aliphatic rings. The molecule has 0 radical (unpaired) electrons. The molecule has 0 aromatic heterocycles. The molecule has 1 heterocycles. The third-order valence-electron chi connectivity index (χ3n) is 4.24. The molecule has 0 amide bonds. The first-order chi connectivity index (χ1) is 9.31. The minimum Gasteiger partial charge on any atom is -0.396 e. The van der Waals surface area contributed by atoms with Gasteiger partial charge in [0.25, 0.3) is 0 Å². The van der Waals surface area contributed by atoms with Gasteiger partial charge >= 0.3 is 0 Å². The lowest BCUT2D eigenvalue weighted by Gasteiger charge is -2.29. The molecule has 0 aromatic carbocycles. The highest BCUT2D eigenvalue weighted by Gasteiger charge is 2.19. The fraction of sp³-hybridized carbons (Fsp3) is 1.00. The molecule has 1 unspecified atom stereocenters. The van der Waals surface area contributed by atoms with Crippen molar-refractivity contribution in [2.45, 2.75) is 51.5 Å². The molecule has 19 heavy (non-hydrogen) atoms. The Hall–Kier alpha value is -0.160. The van der Waals surface area contributed by atoms with Crippen molar-refractivity contribution in [1.82, 2.24) is 9.80 Å². The summed E-state index contributed by atoms with van der Waals surface area (Å²) in [6, 6.07) is 0.680. The van der Waals surface area contributed by atoms with Crippen molar-refractivity contribution in [2.24, 2.45) is 5.73 Å². The smallest absolute Gasteiger partial charge is 0.0431 e. The van der Waals surface area contributed by atoms with Gasteiger partial charge in [-0.25, -0.2) is 0 Å². The Kier molecular flexibility index (Phi) is 9.43. The monoisotopic (exact) mass is 271 g/mol. The van der Waals surface area contributed by atoms with Gasteiger partial charge in [-0.15, -0.1) is 0 Å². The molecule has 114 valence electrons. The van der Waals surface area contributed by atoms with Gasteiger partial charge in [-0.05, 0) is 64.7 Å². The van der Waals surface area contributed by atoms with Crippen molar-refractivity contribution in [3.8, 4) is 0 Å². The van der Waals surface area contributed by atoms with E-state index in [4.69, 9.17) is 10.8 Å². The minimum absolute atomic E-state index is 0.338. The van der Waals surface area contributed by atoms with Gasteiger partial charge in [-0.2, -0.15) is 0 Å². The van der Waals surface area contributed by atoms with E-state index in [1.165, 1.54) is 52.0 Å². The van der Waals surface area contributed by atoms with Gasteiger partial charge in [0.2, 0.25) is 0 Å². The highest BCUT2D eigenvalue weighted by Crippen LogP contribution is 2.12. The molecule has 0 spiro atoms. The molecule has 1 fully saturated rings. The third kappa shape index (κ3) is 6.70. The molecule has 4 heteroatoms. The van der Waals surface area contributed by atoms with E-state index in [9.17, 15) is 0 Å². The maximum atomic E-state index is 8.79. The van der Waals surface area contributed by atoms with Crippen LogP contribution in [0.1, 0.15) is 45.4 Å². The van der Waals surface area contributed by atoms with E-state index >= 15 is 0 Å². The molecule has 3 N–H and O–H groups in total. The number of aliphatic hydroxyl groups is 1. The van der Waals surface area contributed by atoms with Crippen molar-refractivity contribution in [2.75, 3.05) is 45.9 Å². The van der Waals surface area contributed by atoms with Crippen molar-refractivity contribution < 1.29 is 5.11 Å². The van der Waals surface area contributed by atoms with Crippen molar-refractivity contribution >= 4 is 0 Å². The predicted octanol–water partition coefficient (Wildman–Crippen LogP) is 1.28. The van der Waals surface area contributed by atoms with E-state index in [0.29, 0.717) is 12.6 Å². The third-order valence-corrected chi connectivity index (χ3v) is 4.24. The largest absolute Gasteiger partial charge is 0.396 e. The van der Waals surface area contributed by atoms with Gasteiger partial charge in [0, 0.05) is 25.7 Å². The lowest BCUT2D eigenvalue weighted by molar-refractivity contribution is 0.184. The van der Waals surface area contributed by atoms with Gasteiger partial charge in [-0.1, -0.05) is 6.92 Å². The lowest BCUT2D eigenvalue weighted by Crippen LogP contribution is -2.39. The Morgan fingerprint density at radius 2 is 1.95 bits per heavy atom. The molecular formula is C15H33N3O. The highest BCUT2D eigenvalue weighted by atomic mass is 16.2. The predicted molar refractivity (Wildman–Crippen MR) is 81.3 cm³/mol. The van der Waals surface area contributed by atoms with Crippen molar-refractivity contribution in [3.05, 3.63) is 0 Å². The summed E-state index contributed by atoms with van der Waals surface area (Å²) in [7, 11) is 0. The molecular weight excluding hydrogens is 238 g/mol. The van der Waals surface area contributed by atoms with Crippen LogP contribution in [0.2, 0.25) is 0 Å². The quantitative estimate of drug-likeness (QED) is 0.620. The summed E-state index contributed by atoms with van der Waals surface area (Å²) in [5, 5.41) is 8.79. The number of nitrogens with two attached hydrogens (primary N) is 1. The number of nitrogens with zero attached hydrogens (tertiary/aromatic N) is 2. The molecule has 1 rings (SSSR count). The van der Waals surface area contributed by atoms with Crippen LogP contribution < -0.4 is 5.73 Å². The SMILES string of the molecule is CCC(CCN)N1CCCN(CCCCCO)CC1. The summed E-state index contributed by atoms with van der Waals surface area (Å²) in [4.78, 5) is 5.23. The van der Waals surface area contributed by atoms with Crippen LogP contribution in [0.15, 0.2) is 0 Å². The van der Waals surface area contributed by atoms with Crippen LogP contribution in [0.25, 0.3) is 0 Å². The molecule has 1 aliphatic heterocycles. The Morgan fingerprint density at radius 1 is 1.11 bits per heavy atom. The first kappa shape index (κ1) is 16.9. The number of hydrogen-bond acceptors (Lipinski definition) is 4. The minimum atomic E-state index is 0.338. The average molecular weight is 271 g/mol. The zero-order valence-electron chi connectivity index (χ0n) is 12.7. The number of hydrogen-bond donors (Lipinski definition) is 2. The summed E-state index contributed by atoms with van der Waals surface area (Å²) < 4.78 is 0. The van der Waals surface area contributed by atoms with Gasteiger partial charge in [0.15, 0.2) is 0 Å². The Morgan fingerprint density at radius 3 is 2.63 bits per heavy atom. The van der Waals surface area contributed by atoms with Crippen LogP contribution in [-0.2, 0) is 0 Å². The molecule has 0 aromatic rings. The average Bonchev–Trinajstić information content (AvgIpc) is 2.66. The number of rotatable bonds is 9. The van der Waals surface area contributed by atoms with Gasteiger partial charge in [0.1, 0.15) is 0 Å². The van der Waals surface area contributed by atoms with Crippen LogP contribution in [0.5, 0.6) is 0 Å². The zero-order chi connectivity index (χ0) is 13.9. The summed E-state index contributed by atoms with van der Waals surface area (Å²) in [5.41, 5.74) is 5.71. The maximum Gasteiger partial charge on any atom is 0.0431 e. The highest BCUT2D eigenvalue weighted by molar-refractivity contribution is 4.76. The molecule has 1 atom stereocenters. The van der Waals surface area contributed by atoms with Crippen molar-refractivity contribution in [1.29, 1.82) is 0 Å². The molecule has 0 aliphatic carbocycles. The second kappa shape index (κ2) is 10.6. The van der Waals surface area contributed by atoms with E-state index in [1.807, 2.05) is 0 Å². The molecule has 0 saturated carbocycles. The summed E-state index contributed by atoms with van der Waals surface area (Å²) in [6.07, 6.45) is 6.96. The van der Waals surface area contributed by atoms with E-state index in [-0.39, 0.29) is 0 Å². The van der Waals surface area contributed by atoms with E-state index in [0.717, 1.165) is 25.8 Å². The number of unbranched alkanes of at least 4 members (excludes halogenated alkanes) is 2. The van der Waals surface area contributed by atoms with Crippen molar-refractivity contribution in [3.63, 3.8) is 0 Å². The van der Waals surface area contributed by atoms with Gasteiger partial charge in [0.05, 0.1) is 0 Å². The van der Waals surface area contributed by atoms with Crippen LogP contribution in [0, 0.1) is 0 Å². The van der Waals surface area contributed by atoms with E-state index < -0.39 is 0 Å². The van der Waals surface area contributed by atoms with Crippen LogP contribution in [-0.4, -0.2) is 66.8 Å². The molecule has 0 bridgehead atoms. The summed E-state index contributed by atoms with van der Waals surface area (Å²) in [5.74, 6) is 0. The Bertz CT molecular complexity index is 214. The first-order valence-corrected chi connectivity index (χ1v) is 8.09. The molecule has 1 saturated heterocycles. The number of aliphatic hydroxyl groups excluding tert-OH is 1. The van der Waals surface area contributed by atoms with Crippen LogP contribution in [0.4, 0.5) is 0 Å². The standard InChI is InChI=1S/C15H33N3O/c1-2-15(7-8-16)18-11-6-10-17(12-13-18)9-4-3-5-14-19/h15,19H,2-14,16H2,1H3. The summed E-state index contributed by atoms with van der Waals surface area (Å²) >= 11 is 0. The Labute approximate surface area is 118 Å².